The number of carbonyl (C=O) groups is 3. The summed E-state index contributed by atoms with van der Waals surface area (Å²) in [7, 11) is 0. The number of hydrogen-bond donors (Lipinski definition) is 1. The van der Waals surface area contributed by atoms with Gasteiger partial charge in [0.15, 0.2) is 0 Å². The summed E-state index contributed by atoms with van der Waals surface area (Å²) in [6.07, 6.45) is 0.0141. The van der Waals surface area contributed by atoms with Crippen LogP contribution < -0.4 is 5.32 Å². The number of nitro groups is 1. The molecule has 0 bridgehead atoms. The lowest BCUT2D eigenvalue weighted by atomic mass is 10.0. The van der Waals surface area contributed by atoms with Gasteiger partial charge in [0.05, 0.1) is 16.1 Å². The fourth-order valence-electron chi connectivity index (χ4n) is 3.94. The van der Waals surface area contributed by atoms with E-state index in [0.717, 1.165) is 16.0 Å². The molecular formula is C25H21N3O5. The number of fused-ring (bicyclic) bond motifs is 1. The summed E-state index contributed by atoms with van der Waals surface area (Å²) in [5.41, 5.74) is 3.45. The van der Waals surface area contributed by atoms with Crippen molar-refractivity contribution in [2.24, 2.45) is 0 Å². The van der Waals surface area contributed by atoms with E-state index in [1.54, 1.807) is 30.3 Å². The highest BCUT2D eigenvalue weighted by Crippen LogP contribution is 2.27. The third-order valence-electron chi connectivity index (χ3n) is 5.66. The molecule has 3 aromatic carbocycles. The van der Waals surface area contributed by atoms with Crippen LogP contribution in [0.25, 0.3) is 0 Å². The number of non-ortho nitro benzene ring substituents is 1. The van der Waals surface area contributed by atoms with Crippen LogP contribution in [0.15, 0.2) is 66.7 Å². The molecule has 0 aliphatic carbocycles. The lowest BCUT2D eigenvalue weighted by molar-refractivity contribution is -0.384. The Morgan fingerprint density at radius 3 is 2.12 bits per heavy atom. The smallest absolute Gasteiger partial charge is 0.269 e. The zero-order chi connectivity index (χ0) is 23.7. The summed E-state index contributed by atoms with van der Waals surface area (Å²) in [6, 6.07) is 16.5. The van der Waals surface area contributed by atoms with Crippen molar-refractivity contribution in [1.29, 1.82) is 0 Å². The largest absolute Gasteiger partial charge is 0.324 e. The molecule has 0 aromatic heterocycles. The molecule has 0 unspecified atom stereocenters. The Balaban J connectivity index is 1.69. The fourth-order valence-corrected chi connectivity index (χ4v) is 3.94. The Bertz CT molecular complexity index is 1250. The summed E-state index contributed by atoms with van der Waals surface area (Å²) < 4.78 is 0. The highest BCUT2D eigenvalue weighted by atomic mass is 16.6. The highest BCUT2D eigenvalue weighted by Gasteiger charge is 2.42. The number of imide groups is 1. The molecule has 166 valence electrons. The third kappa shape index (κ3) is 4.23. The van der Waals surface area contributed by atoms with Crippen LogP contribution in [0.4, 0.5) is 11.4 Å². The van der Waals surface area contributed by atoms with Crippen molar-refractivity contribution in [3.8, 4) is 0 Å². The maximum atomic E-state index is 13.4. The molecule has 1 atom stereocenters. The third-order valence-corrected chi connectivity index (χ3v) is 5.66. The Morgan fingerprint density at radius 1 is 0.970 bits per heavy atom. The average Bonchev–Trinajstić information content (AvgIpc) is 3.04. The van der Waals surface area contributed by atoms with Gasteiger partial charge in [-0.1, -0.05) is 42.0 Å². The fraction of sp³-hybridized carbons (Fsp3) is 0.160. The molecule has 0 saturated carbocycles. The first-order valence-corrected chi connectivity index (χ1v) is 10.3. The molecular weight excluding hydrogens is 422 g/mol. The highest BCUT2D eigenvalue weighted by molar-refractivity contribution is 6.23. The minimum absolute atomic E-state index is 0.0141. The number of benzene rings is 3. The van der Waals surface area contributed by atoms with Gasteiger partial charge in [0.25, 0.3) is 17.5 Å². The van der Waals surface area contributed by atoms with Gasteiger partial charge in [-0.15, -0.1) is 0 Å². The van der Waals surface area contributed by atoms with Crippen LogP contribution in [-0.2, 0) is 11.2 Å². The van der Waals surface area contributed by atoms with E-state index in [-0.39, 0.29) is 23.2 Å². The van der Waals surface area contributed by atoms with E-state index in [4.69, 9.17) is 0 Å². The van der Waals surface area contributed by atoms with Crippen molar-refractivity contribution in [3.63, 3.8) is 0 Å². The summed E-state index contributed by atoms with van der Waals surface area (Å²) in [5.74, 6) is -1.61. The molecule has 4 rings (SSSR count). The molecule has 1 heterocycles. The molecule has 0 spiro atoms. The van der Waals surface area contributed by atoms with Gasteiger partial charge in [-0.05, 0) is 43.2 Å². The first kappa shape index (κ1) is 21.9. The lowest BCUT2D eigenvalue weighted by Crippen LogP contribution is -2.48. The van der Waals surface area contributed by atoms with Gasteiger partial charge in [0.1, 0.15) is 6.04 Å². The number of nitro benzene ring substituents is 1. The minimum Gasteiger partial charge on any atom is -0.324 e. The van der Waals surface area contributed by atoms with E-state index in [2.05, 4.69) is 5.32 Å². The number of aryl methyl sites for hydroxylation is 2. The number of carbonyl (C=O) groups excluding carboxylic acids is 3. The number of anilines is 1. The molecule has 8 heteroatoms. The molecule has 1 N–H and O–H groups in total. The van der Waals surface area contributed by atoms with Gasteiger partial charge in [-0.3, -0.25) is 29.4 Å². The Morgan fingerprint density at radius 2 is 1.58 bits per heavy atom. The van der Waals surface area contributed by atoms with Gasteiger partial charge < -0.3 is 5.32 Å². The van der Waals surface area contributed by atoms with Gasteiger partial charge in [-0.25, -0.2) is 0 Å². The molecule has 1 aliphatic rings. The Kier molecular flexibility index (Phi) is 5.74. The predicted molar refractivity (Wildman–Crippen MR) is 122 cm³/mol. The van der Waals surface area contributed by atoms with E-state index in [0.29, 0.717) is 11.3 Å². The molecule has 3 aromatic rings. The van der Waals surface area contributed by atoms with E-state index >= 15 is 0 Å². The summed E-state index contributed by atoms with van der Waals surface area (Å²) >= 11 is 0. The van der Waals surface area contributed by atoms with Crippen molar-refractivity contribution in [2.45, 2.75) is 26.3 Å². The molecule has 8 nitrogen and oxygen atoms in total. The van der Waals surface area contributed by atoms with Crippen LogP contribution in [-0.4, -0.2) is 33.6 Å². The molecule has 0 fully saturated rings. The molecule has 0 radical (unpaired) electrons. The number of nitrogens with one attached hydrogen (secondary N) is 1. The molecule has 0 saturated heterocycles. The van der Waals surface area contributed by atoms with Crippen molar-refractivity contribution in [3.05, 3.63) is 105 Å². The standard InChI is InChI=1S/C25H21N3O5/c1-15-7-12-21(16(2)13-15)26-23(29)22(14-17-8-10-18(11-9-17)28(32)33)27-24(30)19-5-3-4-6-20(19)25(27)31/h3-13,22H,14H2,1-2H3,(H,26,29)/t22-/m0/s1. The predicted octanol–water partition coefficient (Wildman–Crippen LogP) is 4.06. The first-order valence-electron chi connectivity index (χ1n) is 10.3. The number of amides is 3. The number of rotatable bonds is 6. The van der Waals surface area contributed by atoms with E-state index in [1.165, 1.54) is 24.3 Å². The maximum Gasteiger partial charge on any atom is 0.269 e. The second-order valence-electron chi connectivity index (χ2n) is 7.98. The Hall–Kier alpha value is -4.33. The van der Waals surface area contributed by atoms with E-state index in [1.807, 2.05) is 26.0 Å². The van der Waals surface area contributed by atoms with Crippen LogP contribution >= 0.6 is 0 Å². The molecule has 1 aliphatic heterocycles. The minimum atomic E-state index is -1.14. The van der Waals surface area contributed by atoms with Crippen molar-refractivity contribution in [2.75, 3.05) is 5.32 Å². The first-order chi connectivity index (χ1) is 15.8. The van der Waals surface area contributed by atoms with Crippen LogP contribution in [0.3, 0.4) is 0 Å². The number of nitrogens with zero attached hydrogens (tertiary/aromatic N) is 2. The topological polar surface area (TPSA) is 110 Å². The maximum absolute atomic E-state index is 13.4. The van der Waals surface area contributed by atoms with Gasteiger partial charge in [0, 0.05) is 24.2 Å². The normalized spacial score (nSPS) is 13.6. The molecule has 3 amide bonds. The van der Waals surface area contributed by atoms with Crippen molar-refractivity contribution >= 4 is 29.1 Å². The summed E-state index contributed by atoms with van der Waals surface area (Å²) in [6.45, 7) is 3.80. The van der Waals surface area contributed by atoms with Crippen molar-refractivity contribution in [1.82, 2.24) is 4.90 Å². The van der Waals surface area contributed by atoms with Gasteiger partial charge in [-0.2, -0.15) is 0 Å². The number of hydrogen-bond acceptors (Lipinski definition) is 5. The summed E-state index contributed by atoms with van der Waals surface area (Å²) in [4.78, 5) is 51.0. The van der Waals surface area contributed by atoms with Crippen LogP contribution in [0.1, 0.15) is 37.4 Å². The monoisotopic (exact) mass is 443 g/mol. The lowest BCUT2D eigenvalue weighted by Gasteiger charge is -2.26. The van der Waals surface area contributed by atoms with Gasteiger partial charge in [0.2, 0.25) is 5.91 Å². The van der Waals surface area contributed by atoms with Gasteiger partial charge >= 0.3 is 0 Å². The van der Waals surface area contributed by atoms with Crippen LogP contribution in [0.2, 0.25) is 0 Å². The second kappa shape index (κ2) is 8.66. The average molecular weight is 443 g/mol. The van der Waals surface area contributed by atoms with Crippen molar-refractivity contribution < 1.29 is 19.3 Å². The quantitative estimate of drug-likeness (QED) is 0.351. The van der Waals surface area contributed by atoms with Crippen LogP contribution in [0, 0.1) is 24.0 Å². The summed E-state index contributed by atoms with van der Waals surface area (Å²) in [5, 5.41) is 13.8. The van der Waals surface area contributed by atoms with Crippen LogP contribution in [0.5, 0.6) is 0 Å². The second-order valence-corrected chi connectivity index (χ2v) is 7.98. The molecule has 33 heavy (non-hydrogen) atoms. The zero-order valence-corrected chi connectivity index (χ0v) is 18.1. The van der Waals surface area contributed by atoms with E-state index < -0.39 is 28.7 Å². The Labute approximate surface area is 190 Å². The SMILES string of the molecule is Cc1ccc(NC(=O)[C@H](Cc2ccc([N+](=O)[O-])cc2)N2C(=O)c3ccccc3C2=O)c(C)c1. The zero-order valence-electron chi connectivity index (χ0n) is 18.1. The van der Waals surface area contributed by atoms with E-state index in [9.17, 15) is 24.5 Å².